The third-order valence-electron chi connectivity index (χ3n) is 3.66. The molecule has 0 saturated carbocycles. The molecule has 8 heteroatoms. The van der Waals surface area contributed by atoms with Gasteiger partial charge in [0.1, 0.15) is 18.3 Å². The summed E-state index contributed by atoms with van der Waals surface area (Å²) in [6, 6.07) is 4.50. The molecule has 24 heavy (non-hydrogen) atoms. The highest BCUT2D eigenvalue weighted by Crippen LogP contribution is 2.27. The first-order chi connectivity index (χ1) is 11.3. The van der Waals surface area contributed by atoms with Crippen LogP contribution in [0.25, 0.3) is 6.08 Å². The highest BCUT2D eigenvalue weighted by atomic mass is 16.7. The van der Waals surface area contributed by atoms with Crippen molar-refractivity contribution >= 4 is 12.0 Å². The van der Waals surface area contributed by atoms with Gasteiger partial charge < -0.3 is 34.6 Å². The summed E-state index contributed by atoms with van der Waals surface area (Å²) in [5.74, 6) is -0.582. The van der Waals surface area contributed by atoms with Crippen molar-refractivity contribution in [2.75, 3.05) is 7.11 Å². The number of phenolic OH excluding ortho intramolecular Hbond substituents is 1. The smallest absolute Gasteiger partial charge is 0.333 e. The number of hydrogen-bond donors (Lipinski definition) is 4. The van der Waals surface area contributed by atoms with Crippen molar-refractivity contribution < 1.29 is 39.4 Å². The zero-order valence-corrected chi connectivity index (χ0v) is 13.2. The molecular weight excluding hydrogens is 320 g/mol. The second-order valence-corrected chi connectivity index (χ2v) is 5.38. The lowest BCUT2D eigenvalue weighted by Crippen LogP contribution is -2.57. The van der Waals surface area contributed by atoms with Gasteiger partial charge >= 0.3 is 5.97 Å². The van der Waals surface area contributed by atoms with Crippen LogP contribution in [0.1, 0.15) is 12.5 Å². The first kappa shape index (κ1) is 18.2. The molecule has 4 N–H and O–H groups in total. The lowest BCUT2D eigenvalue weighted by atomic mass is 10.0. The molecule has 5 atom stereocenters. The van der Waals surface area contributed by atoms with Gasteiger partial charge in [-0.25, -0.2) is 4.79 Å². The minimum Gasteiger partial charge on any atom is -0.504 e. The number of phenols is 1. The van der Waals surface area contributed by atoms with Crippen LogP contribution in [-0.4, -0.2) is 64.2 Å². The maximum atomic E-state index is 11.8. The molecule has 1 aliphatic rings. The molecule has 0 aliphatic carbocycles. The van der Waals surface area contributed by atoms with E-state index in [1.165, 1.54) is 32.2 Å². The van der Waals surface area contributed by atoms with Crippen LogP contribution >= 0.6 is 0 Å². The Morgan fingerprint density at radius 2 is 1.92 bits per heavy atom. The van der Waals surface area contributed by atoms with Gasteiger partial charge in [0.05, 0.1) is 13.2 Å². The summed E-state index contributed by atoms with van der Waals surface area (Å²) >= 11 is 0. The lowest BCUT2D eigenvalue weighted by Gasteiger charge is -2.38. The SMILES string of the molecule is COc1cc(/C=C/C(=O)O[C@H]2OC(C)[C@H](O)C(O)C2O)ccc1O. The Hall–Kier alpha value is -2.13. The highest BCUT2D eigenvalue weighted by Gasteiger charge is 2.43. The molecular formula is C16H20O8. The molecule has 2 rings (SSSR count). The molecule has 1 aliphatic heterocycles. The van der Waals surface area contributed by atoms with Gasteiger partial charge in [0, 0.05) is 6.08 Å². The van der Waals surface area contributed by atoms with Crippen LogP contribution in [0.4, 0.5) is 0 Å². The predicted molar refractivity (Wildman–Crippen MR) is 82.1 cm³/mol. The lowest BCUT2D eigenvalue weighted by molar-refractivity contribution is -0.283. The van der Waals surface area contributed by atoms with Gasteiger partial charge in [-0.3, -0.25) is 0 Å². The number of aliphatic hydroxyl groups is 3. The normalized spacial score (nSPS) is 30.3. The topological polar surface area (TPSA) is 126 Å². The second kappa shape index (κ2) is 7.63. The number of aromatic hydroxyl groups is 1. The van der Waals surface area contributed by atoms with Crippen molar-refractivity contribution in [2.24, 2.45) is 0 Å². The number of esters is 1. The Bertz CT molecular complexity index is 614. The highest BCUT2D eigenvalue weighted by molar-refractivity contribution is 5.87. The Balaban J connectivity index is 2.00. The number of hydrogen-bond acceptors (Lipinski definition) is 8. The molecule has 3 unspecified atom stereocenters. The molecule has 1 heterocycles. The third kappa shape index (κ3) is 4.04. The maximum Gasteiger partial charge on any atom is 0.333 e. The quantitative estimate of drug-likeness (QED) is 0.438. The fourth-order valence-corrected chi connectivity index (χ4v) is 2.23. The number of carbonyl (C=O) groups excluding carboxylic acids is 1. The van der Waals surface area contributed by atoms with Crippen molar-refractivity contribution in [3.05, 3.63) is 29.8 Å². The van der Waals surface area contributed by atoms with E-state index in [9.17, 15) is 25.2 Å². The van der Waals surface area contributed by atoms with E-state index in [1.54, 1.807) is 6.07 Å². The summed E-state index contributed by atoms with van der Waals surface area (Å²) in [6.45, 7) is 1.49. The zero-order chi connectivity index (χ0) is 17.9. The van der Waals surface area contributed by atoms with Crippen molar-refractivity contribution in [2.45, 2.75) is 37.6 Å². The van der Waals surface area contributed by atoms with Crippen LogP contribution in [0.3, 0.4) is 0 Å². The predicted octanol–water partition coefficient (Wildman–Crippen LogP) is -0.215. The molecule has 1 saturated heterocycles. The van der Waals surface area contributed by atoms with Crippen molar-refractivity contribution in [3.8, 4) is 11.5 Å². The minimum atomic E-state index is -1.55. The summed E-state index contributed by atoms with van der Waals surface area (Å²) in [6.07, 6.45) is -3.95. The van der Waals surface area contributed by atoms with Gasteiger partial charge in [0.2, 0.25) is 6.29 Å². The molecule has 1 aromatic rings. The van der Waals surface area contributed by atoms with Crippen LogP contribution in [0.15, 0.2) is 24.3 Å². The van der Waals surface area contributed by atoms with Gasteiger partial charge in [-0.1, -0.05) is 6.07 Å². The molecule has 1 aromatic carbocycles. The van der Waals surface area contributed by atoms with Gasteiger partial charge in [0.15, 0.2) is 11.5 Å². The van der Waals surface area contributed by atoms with Crippen LogP contribution in [0.2, 0.25) is 0 Å². The fourth-order valence-electron chi connectivity index (χ4n) is 2.23. The summed E-state index contributed by atoms with van der Waals surface area (Å²) in [5, 5.41) is 38.5. The monoisotopic (exact) mass is 340 g/mol. The Labute approximate surface area is 138 Å². The van der Waals surface area contributed by atoms with E-state index in [1.807, 2.05) is 0 Å². The van der Waals surface area contributed by atoms with E-state index < -0.39 is 36.7 Å². The van der Waals surface area contributed by atoms with E-state index in [0.29, 0.717) is 5.56 Å². The molecule has 0 radical (unpaired) electrons. The van der Waals surface area contributed by atoms with E-state index >= 15 is 0 Å². The summed E-state index contributed by atoms with van der Waals surface area (Å²) in [7, 11) is 1.40. The number of ether oxygens (including phenoxy) is 3. The third-order valence-corrected chi connectivity index (χ3v) is 3.66. The van der Waals surface area contributed by atoms with Gasteiger partial charge in [-0.2, -0.15) is 0 Å². The standard InChI is InChI=1S/C16H20O8/c1-8-13(19)14(20)15(21)16(23-8)24-12(18)6-4-9-3-5-10(17)11(7-9)22-2/h3-8,13-17,19-21H,1-2H3/b6-4+/t8?,13-,14?,15?,16+/m0/s1. The van der Waals surface area contributed by atoms with Crippen molar-refractivity contribution in [1.29, 1.82) is 0 Å². The fraction of sp³-hybridized carbons (Fsp3) is 0.438. The van der Waals surface area contributed by atoms with E-state index in [0.717, 1.165) is 6.08 Å². The molecule has 0 bridgehead atoms. The largest absolute Gasteiger partial charge is 0.504 e. The van der Waals surface area contributed by atoms with Crippen LogP contribution in [0, 0.1) is 0 Å². The van der Waals surface area contributed by atoms with Crippen molar-refractivity contribution in [1.82, 2.24) is 0 Å². The Morgan fingerprint density at radius 1 is 1.21 bits per heavy atom. The first-order valence-electron chi connectivity index (χ1n) is 7.29. The average molecular weight is 340 g/mol. The molecule has 132 valence electrons. The molecule has 1 fully saturated rings. The Morgan fingerprint density at radius 3 is 2.58 bits per heavy atom. The van der Waals surface area contributed by atoms with Crippen molar-refractivity contribution in [3.63, 3.8) is 0 Å². The Kier molecular flexibility index (Phi) is 5.79. The van der Waals surface area contributed by atoms with Crippen LogP contribution in [-0.2, 0) is 14.3 Å². The van der Waals surface area contributed by atoms with E-state index in [4.69, 9.17) is 14.2 Å². The van der Waals surface area contributed by atoms with Gasteiger partial charge in [-0.15, -0.1) is 0 Å². The van der Waals surface area contributed by atoms with E-state index in [-0.39, 0.29) is 11.5 Å². The summed E-state index contributed by atoms with van der Waals surface area (Å²) < 4.78 is 15.1. The van der Waals surface area contributed by atoms with E-state index in [2.05, 4.69) is 0 Å². The molecule has 8 nitrogen and oxygen atoms in total. The zero-order valence-electron chi connectivity index (χ0n) is 13.2. The van der Waals surface area contributed by atoms with Gasteiger partial charge in [-0.05, 0) is 30.7 Å². The second-order valence-electron chi connectivity index (χ2n) is 5.38. The molecule has 0 spiro atoms. The molecule has 0 amide bonds. The van der Waals surface area contributed by atoms with Gasteiger partial charge in [0.25, 0.3) is 0 Å². The number of rotatable bonds is 4. The minimum absolute atomic E-state index is 0.0301. The average Bonchev–Trinajstić information content (AvgIpc) is 2.57. The number of carbonyl (C=O) groups is 1. The molecule has 0 aromatic heterocycles. The van der Waals surface area contributed by atoms with Crippen LogP contribution in [0.5, 0.6) is 11.5 Å². The summed E-state index contributed by atoms with van der Waals surface area (Å²) in [5.41, 5.74) is 0.579. The number of benzene rings is 1. The number of aliphatic hydroxyl groups excluding tert-OH is 3. The summed E-state index contributed by atoms with van der Waals surface area (Å²) in [4.78, 5) is 11.8. The van der Waals surface area contributed by atoms with Crippen LogP contribution < -0.4 is 4.74 Å². The first-order valence-corrected chi connectivity index (χ1v) is 7.29. The number of methoxy groups -OCH3 is 1. The maximum absolute atomic E-state index is 11.8.